The Morgan fingerprint density at radius 1 is 1.10 bits per heavy atom. The van der Waals surface area contributed by atoms with E-state index in [1.54, 1.807) is 0 Å². The number of pyridine rings is 1. The lowest BCUT2D eigenvalue weighted by atomic mass is 10.0. The molecule has 29 heavy (non-hydrogen) atoms. The minimum Gasteiger partial charge on any atom is -0.370 e. The van der Waals surface area contributed by atoms with E-state index in [1.165, 1.54) is 11.3 Å². The Labute approximate surface area is 189 Å². The summed E-state index contributed by atoms with van der Waals surface area (Å²) >= 11 is 16.7. The van der Waals surface area contributed by atoms with Gasteiger partial charge in [0.25, 0.3) is 0 Å². The smallest absolute Gasteiger partial charge is 0.227 e. The molecule has 0 radical (unpaired) electrons. The number of rotatable bonds is 2. The molecule has 4 nitrogen and oxygen atoms in total. The zero-order valence-electron chi connectivity index (χ0n) is 16.6. The van der Waals surface area contributed by atoms with Crippen LogP contribution in [0.15, 0.2) is 22.7 Å². The molecule has 0 N–H and O–H groups in total. The van der Waals surface area contributed by atoms with Crippen LogP contribution in [0.25, 0.3) is 21.6 Å². The standard InChI is InChI=1S/C22H21BrCl2N4/c1-12-9-19(28-7-5-16(26-4)6-8-28)20-13(2)14(3)29(22(20)27-12)21-17(24)10-15(23)11-18(21)25/h9-11,16H,5-8H2,1-3H3. The molecule has 3 aromatic rings. The highest BCUT2D eigenvalue weighted by molar-refractivity contribution is 9.10. The number of anilines is 1. The molecule has 3 heterocycles. The van der Waals surface area contributed by atoms with E-state index >= 15 is 0 Å². The number of halogens is 3. The van der Waals surface area contributed by atoms with Crippen molar-refractivity contribution < 1.29 is 0 Å². The molecular formula is C22H21BrCl2N4. The van der Waals surface area contributed by atoms with E-state index in [-0.39, 0.29) is 6.04 Å². The number of hydrogen-bond acceptors (Lipinski definition) is 2. The van der Waals surface area contributed by atoms with Gasteiger partial charge in [0.2, 0.25) is 6.04 Å². The molecule has 1 fully saturated rings. The molecule has 0 amide bonds. The van der Waals surface area contributed by atoms with Crippen LogP contribution < -0.4 is 4.90 Å². The SMILES string of the molecule is [C-]#[N+]C1CCN(c2cc(C)nc3c2c(C)c(C)n3-c2c(Cl)cc(Br)cc2Cl)CC1. The maximum Gasteiger partial charge on any atom is 0.227 e. The van der Waals surface area contributed by atoms with E-state index in [0.717, 1.165) is 58.5 Å². The number of nitrogens with zero attached hydrogens (tertiary/aromatic N) is 4. The van der Waals surface area contributed by atoms with E-state index in [4.69, 9.17) is 34.8 Å². The third-order valence-corrected chi connectivity index (χ3v) is 6.80. The van der Waals surface area contributed by atoms with Gasteiger partial charge in [0, 0.05) is 52.9 Å². The van der Waals surface area contributed by atoms with Crippen molar-refractivity contribution in [3.05, 3.63) is 61.1 Å². The van der Waals surface area contributed by atoms with Gasteiger partial charge in [-0.2, -0.15) is 0 Å². The molecule has 0 bridgehead atoms. The molecule has 1 saturated heterocycles. The highest BCUT2D eigenvalue weighted by atomic mass is 79.9. The maximum absolute atomic E-state index is 7.31. The summed E-state index contributed by atoms with van der Waals surface area (Å²) < 4.78 is 2.92. The molecule has 150 valence electrons. The molecule has 0 aliphatic carbocycles. The predicted octanol–water partition coefficient (Wildman–Crippen LogP) is 6.91. The summed E-state index contributed by atoms with van der Waals surface area (Å²) in [7, 11) is 0. The number of fused-ring (bicyclic) bond motifs is 1. The normalized spacial score (nSPS) is 15.1. The van der Waals surface area contributed by atoms with Crippen molar-refractivity contribution in [1.29, 1.82) is 0 Å². The Hall–Kier alpha value is -1.74. The summed E-state index contributed by atoms with van der Waals surface area (Å²) in [6.45, 7) is 15.3. The summed E-state index contributed by atoms with van der Waals surface area (Å²) in [4.78, 5) is 11.0. The number of aryl methyl sites for hydroxylation is 2. The van der Waals surface area contributed by atoms with Crippen molar-refractivity contribution in [3.63, 3.8) is 0 Å². The van der Waals surface area contributed by atoms with Crippen molar-refractivity contribution in [3.8, 4) is 5.69 Å². The molecule has 2 aromatic heterocycles. The Morgan fingerprint density at radius 2 is 1.72 bits per heavy atom. The van der Waals surface area contributed by atoms with E-state index in [2.05, 4.69) is 50.2 Å². The first-order valence-corrected chi connectivity index (χ1v) is 11.1. The second kappa shape index (κ2) is 7.83. The van der Waals surface area contributed by atoms with Crippen molar-refractivity contribution in [1.82, 2.24) is 9.55 Å². The van der Waals surface area contributed by atoms with Crippen LogP contribution in [0, 0.1) is 27.3 Å². The Bertz CT molecular complexity index is 1130. The molecule has 0 atom stereocenters. The largest absolute Gasteiger partial charge is 0.370 e. The van der Waals surface area contributed by atoms with E-state index in [9.17, 15) is 0 Å². The van der Waals surface area contributed by atoms with Gasteiger partial charge in [-0.3, -0.25) is 4.57 Å². The van der Waals surface area contributed by atoms with Gasteiger partial charge in [0.15, 0.2) is 0 Å². The Kier molecular flexibility index (Phi) is 5.54. The number of piperidine rings is 1. The fourth-order valence-corrected chi connectivity index (χ4v) is 5.55. The van der Waals surface area contributed by atoms with Gasteiger partial charge in [-0.1, -0.05) is 39.1 Å². The summed E-state index contributed by atoms with van der Waals surface area (Å²) in [5, 5.41) is 2.28. The highest BCUT2D eigenvalue weighted by Gasteiger charge is 2.27. The lowest BCUT2D eigenvalue weighted by Crippen LogP contribution is -2.35. The van der Waals surface area contributed by atoms with Gasteiger partial charge in [0.1, 0.15) is 5.65 Å². The number of hydrogen-bond donors (Lipinski definition) is 0. The third-order valence-electron chi connectivity index (χ3n) is 5.77. The molecular weight excluding hydrogens is 471 g/mol. The van der Waals surface area contributed by atoms with Crippen molar-refractivity contribution in [2.45, 2.75) is 39.7 Å². The fourth-order valence-electron chi connectivity index (χ4n) is 4.18. The van der Waals surface area contributed by atoms with E-state index in [1.807, 2.05) is 19.1 Å². The van der Waals surface area contributed by atoms with E-state index < -0.39 is 0 Å². The summed E-state index contributed by atoms with van der Waals surface area (Å²) in [5.41, 5.74) is 5.99. The van der Waals surface area contributed by atoms with Crippen LogP contribution in [0.4, 0.5) is 5.69 Å². The molecule has 0 unspecified atom stereocenters. The zero-order valence-corrected chi connectivity index (χ0v) is 19.7. The van der Waals surface area contributed by atoms with Crippen LogP contribution in [-0.4, -0.2) is 28.7 Å². The molecule has 1 aromatic carbocycles. The molecule has 0 spiro atoms. The first kappa shape index (κ1) is 20.5. The zero-order chi connectivity index (χ0) is 20.9. The minimum absolute atomic E-state index is 0.137. The van der Waals surface area contributed by atoms with Crippen LogP contribution >= 0.6 is 39.1 Å². The van der Waals surface area contributed by atoms with Crippen LogP contribution in [0.1, 0.15) is 29.8 Å². The van der Waals surface area contributed by atoms with Gasteiger partial charge in [0.05, 0.1) is 15.7 Å². The third kappa shape index (κ3) is 3.52. The van der Waals surface area contributed by atoms with Crippen LogP contribution in [0.2, 0.25) is 10.0 Å². The average Bonchev–Trinajstić information content (AvgIpc) is 2.92. The lowest BCUT2D eigenvalue weighted by molar-refractivity contribution is 0.549. The van der Waals surface area contributed by atoms with E-state index in [0.29, 0.717) is 10.0 Å². The quantitative estimate of drug-likeness (QED) is 0.364. The lowest BCUT2D eigenvalue weighted by Gasteiger charge is -2.30. The Morgan fingerprint density at radius 3 is 2.31 bits per heavy atom. The molecule has 4 rings (SSSR count). The molecule has 0 saturated carbocycles. The van der Waals surface area contributed by atoms with Gasteiger partial charge < -0.3 is 9.74 Å². The maximum atomic E-state index is 7.31. The molecule has 1 aliphatic heterocycles. The second-order valence-electron chi connectivity index (χ2n) is 7.59. The number of benzene rings is 1. The monoisotopic (exact) mass is 490 g/mol. The Balaban J connectivity index is 1.95. The first-order chi connectivity index (χ1) is 13.8. The predicted molar refractivity (Wildman–Crippen MR) is 125 cm³/mol. The fraction of sp³-hybridized carbons (Fsp3) is 0.364. The minimum atomic E-state index is 0.137. The first-order valence-electron chi connectivity index (χ1n) is 9.57. The number of aromatic nitrogens is 2. The molecule has 7 heteroatoms. The summed E-state index contributed by atoms with van der Waals surface area (Å²) in [6.07, 6.45) is 1.80. The highest BCUT2D eigenvalue weighted by Crippen LogP contribution is 2.40. The van der Waals surface area contributed by atoms with Crippen molar-refractivity contribution in [2.75, 3.05) is 18.0 Å². The van der Waals surface area contributed by atoms with Crippen molar-refractivity contribution in [2.24, 2.45) is 0 Å². The van der Waals surface area contributed by atoms with Crippen LogP contribution in [-0.2, 0) is 0 Å². The van der Waals surface area contributed by atoms with Crippen LogP contribution in [0.5, 0.6) is 0 Å². The summed E-state index contributed by atoms with van der Waals surface area (Å²) in [6, 6.07) is 6.00. The van der Waals surface area contributed by atoms with Gasteiger partial charge >= 0.3 is 0 Å². The van der Waals surface area contributed by atoms with Gasteiger partial charge in [-0.05, 0) is 44.5 Å². The topological polar surface area (TPSA) is 25.4 Å². The van der Waals surface area contributed by atoms with Gasteiger partial charge in [-0.25, -0.2) is 11.6 Å². The second-order valence-corrected chi connectivity index (χ2v) is 9.32. The van der Waals surface area contributed by atoms with Gasteiger partial charge in [-0.15, -0.1) is 0 Å². The average molecular weight is 492 g/mol. The van der Waals surface area contributed by atoms with Crippen LogP contribution in [0.3, 0.4) is 0 Å². The van der Waals surface area contributed by atoms with Crippen molar-refractivity contribution >= 4 is 55.9 Å². The molecule has 1 aliphatic rings. The summed E-state index contributed by atoms with van der Waals surface area (Å²) in [5.74, 6) is 0.